The molecule has 4 rings (SSSR count). The predicted molar refractivity (Wildman–Crippen MR) is 101 cm³/mol. The Kier molecular flexibility index (Phi) is 5.16. The van der Waals surface area contributed by atoms with Crippen molar-refractivity contribution in [2.75, 3.05) is 6.54 Å². The molecule has 1 aliphatic carbocycles. The van der Waals surface area contributed by atoms with Gasteiger partial charge in [0.1, 0.15) is 30.0 Å². The van der Waals surface area contributed by atoms with Crippen molar-refractivity contribution in [3.8, 4) is 11.8 Å². The maximum Gasteiger partial charge on any atom is 0.289 e. The van der Waals surface area contributed by atoms with E-state index >= 15 is 0 Å². The molecule has 2 aliphatic rings. The molecule has 0 N–H and O–H groups in total. The van der Waals surface area contributed by atoms with E-state index in [-0.39, 0.29) is 36.0 Å². The monoisotopic (exact) mass is 378 g/mol. The second-order valence-electron chi connectivity index (χ2n) is 7.34. The number of likely N-dealkylation sites (tertiary alicyclic amines) is 1. The molecule has 0 spiro atoms. The Balaban J connectivity index is 1.43. The van der Waals surface area contributed by atoms with Crippen LogP contribution in [-0.4, -0.2) is 29.2 Å². The van der Waals surface area contributed by atoms with E-state index in [9.17, 15) is 9.59 Å². The SMILES string of the molecule is N#Cc1ccccc1OCc1ccc(C(=O)N2CCC[C@@H]2[C@H]2CCCC2=O)o1. The Labute approximate surface area is 163 Å². The molecule has 2 heterocycles. The molecule has 1 saturated carbocycles. The average Bonchev–Trinajstić information content (AvgIpc) is 3.46. The van der Waals surface area contributed by atoms with Gasteiger partial charge in [-0.3, -0.25) is 9.59 Å². The first kappa shape index (κ1) is 18.3. The Morgan fingerprint density at radius 2 is 2.07 bits per heavy atom. The number of benzene rings is 1. The molecule has 0 unspecified atom stereocenters. The van der Waals surface area contributed by atoms with Crippen molar-refractivity contribution in [3.63, 3.8) is 0 Å². The van der Waals surface area contributed by atoms with Crippen LogP contribution in [0.3, 0.4) is 0 Å². The molecule has 0 radical (unpaired) electrons. The molecular weight excluding hydrogens is 356 g/mol. The summed E-state index contributed by atoms with van der Waals surface area (Å²) < 4.78 is 11.4. The number of rotatable bonds is 5. The van der Waals surface area contributed by atoms with Gasteiger partial charge < -0.3 is 14.1 Å². The van der Waals surface area contributed by atoms with Gasteiger partial charge >= 0.3 is 0 Å². The Hall–Kier alpha value is -3.07. The number of carbonyl (C=O) groups excluding carboxylic acids is 2. The van der Waals surface area contributed by atoms with Crippen LogP contribution in [0.4, 0.5) is 0 Å². The lowest BCUT2D eigenvalue weighted by molar-refractivity contribution is -0.121. The predicted octanol–water partition coefficient (Wildman–Crippen LogP) is 3.70. The first-order valence-corrected chi connectivity index (χ1v) is 9.71. The number of furan rings is 1. The third kappa shape index (κ3) is 3.53. The van der Waals surface area contributed by atoms with Crippen molar-refractivity contribution in [2.45, 2.75) is 44.8 Å². The van der Waals surface area contributed by atoms with Gasteiger partial charge in [-0.1, -0.05) is 12.1 Å². The summed E-state index contributed by atoms with van der Waals surface area (Å²) in [4.78, 5) is 26.9. The highest BCUT2D eigenvalue weighted by atomic mass is 16.5. The van der Waals surface area contributed by atoms with Crippen molar-refractivity contribution in [3.05, 3.63) is 53.5 Å². The summed E-state index contributed by atoms with van der Waals surface area (Å²) in [5.74, 6) is 1.37. The van der Waals surface area contributed by atoms with Crippen molar-refractivity contribution < 1.29 is 18.7 Å². The molecule has 28 heavy (non-hydrogen) atoms. The third-order valence-electron chi connectivity index (χ3n) is 5.63. The number of ketones is 1. The quantitative estimate of drug-likeness (QED) is 0.792. The number of Topliss-reactive ketones (excluding diaryl/α,β-unsaturated/α-hetero) is 1. The zero-order valence-corrected chi connectivity index (χ0v) is 15.6. The molecule has 0 bridgehead atoms. The highest BCUT2D eigenvalue weighted by Gasteiger charge is 2.40. The van der Waals surface area contributed by atoms with Crippen LogP contribution < -0.4 is 4.74 Å². The van der Waals surface area contributed by atoms with E-state index < -0.39 is 0 Å². The van der Waals surface area contributed by atoms with Gasteiger partial charge in [0.25, 0.3) is 5.91 Å². The summed E-state index contributed by atoms with van der Waals surface area (Å²) in [5.41, 5.74) is 0.450. The molecule has 1 saturated heterocycles. The highest BCUT2D eigenvalue weighted by Crippen LogP contribution is 2.34. The molecule has 2 atom stereocenters. The molecular formula is C22H22N2O4. The van der Waals surface area contributed by atoms with E-state index in [2.05, 4.69) is 6.07 Å². The van der Waals surface area contributed by atoms with Crippen LogP contribution in [0.15, 0.2) is 40.8 Å². The largest absolute Gasteiger partial charge is 0.484 e. The Morgan fingerprint density at radius 3 is 2.86 bits per heavy atom. The van der Waals surface area contributed by atoms with Crippen LogP contribution in [0.5, 0.6) is 5.75 Å². The van der Waals surface area contributed by atoms with E-state index in [1.165, 1.54) is 0 Å². The summed E-state index contributed by atoms with van der Waals surface area (Å²) in [6, 6.07) is 12.4. The average molecular weight is 378 g/mol. The van der Waals surface area contributed by atoms with E-state index in [4.69, 9.17) is 14.4 Å². The molecule has 6 nitrogen and oxygen atoms in total. The number of carbonyl (C=O) groups is 2. The summed E-state index contributed by atoms with van der Waals surface area (Å²) in [5, 5.41) is 9.12. The first-order valence-electron chi connectivity index (χ1n) is 9.71. The van der Waals surface area contributed by atoms with Gasteiger partial charge in [-0.2, -0.15) is 5.26 Å². The van der Waals surface area contributed by atoms with Gasteiger partial charge in [0.05, 0.1) is 5.56 Å². The molecule has 2 aromatic rings. The van der Waals surface area contributed by atoms with Crippen molar-refractivity contribution in [2.24, 2.45) is 5.92 Å². The van der Waals surface area contributed by atoms with Crippen molar-refractivity contribution >= 4 is 11.7 Å². The van der Waals surface area contributed by atoms with Gasteiger partial charge in [-0.25, -0.2) is 0 Å². The maximum absolute atomic E-state index is 12.9. The lowest BCUT2D eigenvalue weighted by Crippen LogP contribution is -2.41. The molecule has 1 aromatic carbocycles. The topological polar surface area (TPSA) is 83.5 Å². The molecule has 2 fully saturated rings. The zero-order valence-electron chi connectivity index (χ0n) is 15.6. The second-order valence-corrected chi connectivity index (χ2v) is 7.34. The minimum Gasteiger partial charge on any atom is -0.484 e. The van der Waals surface area contributed by atoms with Crippen LogP contribution in [0.25, 0.3) is 0 Å². The molecule has 1 amide bonds. The third-order valence-corrected chi connectivity index (χ3v) is 5.63. The number of para-hydroxylation sites is 1. The fourth-order valence-electron chi connectivity index (χ4n) is 4.26. The minimum atomic E-state index is -0.161. The lowest BCUT2D eigenvalue weighted by Gasteiger charge is -2.27. The second kappa shape index (κ2) is 7.89. The van der Waals surface area contributed by atoms with E-state index in [1.807, 2.05) is 4.90 Å². The van der Waals surface area contributed by atoms with Crippen LogP contribution in [0, 0.1) is 17.2 Å². The standard InChI is InChI=1S/C22H22N2O4/c23-13-15-5-1-2-9-20(15)27-14-16-10-11-21(28-16)22(26)24-12-4-7-18(24)17-6-3-8-19(17)25/h1-2,5,9-11,17-18H,3-4,6-8,12,14H2/t17-,18-/m1/s1. The van der Waals surface area contributed by atoms with Crippen LogP contribution >= 0.6 is 0 Å². The van der Waals surface area contributed by atoms with Crippen molar-refractivity contribution in [1.82, 2.24) is 4.90 Å². The number of nitrogens with zero attached hydrogens (tertiary/aromatic N) is 2. The summed E-state index contributed by atoms with van der Waals surface area (Å²) >= 11 is 0. The number of ether oxygens (including phenoxy) is 1. The van der Waals surface area contributed by atoms with Gasteiger partial charge in [-0.15, -0.1) is 0 Å². The van der Waals surface area contributed by atoms with E-state index in [0.29, 0.717) is 30.0 Å². The van der Waals surface area contributed by atoms with Gasteiger partial charge in [0.2, 0.25) is 0 Å². The molecule has 6 heteroatoms. The van der Waals surface area contributed by atoms with E-state index in [0.717, 1.165) is 25.7 Å². The summed E-state index contributed by atoms with van der Waals surface area (Å²) in [7, 11) is 0. The summed E-state index contributed by atoms with van der Waals surface area (Å²) in [6.45, 7) is 0.797. The number of hydrogen-bond acceptors (Lipinski definition) is 5. The molecule has 144 valence electrons. The highest BCUT2D eigenvalue weighted by molar-refractivity contribution is 5.93. The van der Waals surface area contributed by atoms with Gasteiger partial charge in [-0.05, 0) is 49.9 Å². The zero-order chi connectivity index (χ0) is 19.5. The molecule has 1 aromatic heterocycles. The van der Waals surface area contributed by atoms with Crippen LogP contribution in [0.2, 0.25) is 0 Å². The maximum atomic E-state index is 12.9. The Bertz CT molecular complexity index is 927. The van der Waals surface area contributed by atoms with Crippen LogP contribution in [0.1, 0.15) is 54.0 Å². The molecule has 1 aliphatic heterocycles. The van der Waals surface area contributed by atoms with Gasteiger partial charge in [0.15, 0.2) is 5.76 Å². The first-order chi connectivity index (χ1) is 13.7. The number of amides is 1. The lowest BCUT2D eigenvalue weighted by atomic mass is 9.95. The number of hydrogen-bond donors (Lipinski definition) is 0. The minimum absolute atomic E-state index is 0.00481. The normalized spacial score (nSPS) is 21.7. The fraction of sp³-hybridized carbons (Fsp3) is 0.409. The smallest absolute Gasteiger partial charge is 0.289 e. The van der Waals surface area contributed by atoms with Crippen molar-refractivity contribution in [1.29, 1.82) is 5.26 Å². The number of nitriles is 1. The Morgan fingerprint density at radius 1 is 1.21 bits per heavy atom. The summed E-state index contributed by atoms with van der Waals surface area (Å²) in [6.07, 6.45) is 4.23. The fourth-order valence-corrected chi connectivity index (χ4v) is 4.26. The van der Waals surface area contributed by atoms with Crippen LogP contribution in [-0.2, 0) is 11.4 Å². The van der Waals surface area contributed by atoms with E-state index in [1.54, 1.807) is 36.4 Å². The van der Waals surface area contributed by atoms with Gasteiger partial charge in [0, 0.05) is 24.9 Å².